The molecule has 0 saturated heterocycles. The van der Waals surface area contributed by atoms with Gasteiger partial charge in [-0.15, -0.1) is 0 Å². The Morgan fingerprint density at radius 1 is 1.10 bits per heavy atom. The molecule has 2 aromatic carbocycles. The third-order valence-electron chi connectivity index (χ3n) is 3.33. The van der Waals surface area contributed by atoms with Crippen LogP contribution < -0.4 is 15.2 Å². The highest BCUT2D eigenvalue weighted by Gasteiger charge is 2.12. The highest BCUT2D eigenvalue weighted by atomic mass is 16.5. The molecular formula is C18H23NO2. The summed E-state index contributed by atoms with van der Waals surface area (Å²) >= 11 is 0. The molecular weight excluding hydrogens is 262 g/mol. The summed E-state index contributed by atoms with van der Waals surface area (Å²) in [5.41, 5.74) is 9.37. The minimum atomic E-state index is 0.0823. The molecule has 3 nitrogen and oxygen atoms in total. The van der Waals surface area contributed by atoms with Crippen molar-refractivity contribution in [3.8, 4) is 11.5 Å². The van der Waals surface area contributed by atoms with Crippen molar-refractivity contribution in [1.29, 1.82) is 0 Å². The van der Waals surface area contributed by atoms with Crippen LogP contribution in [-0.4, -0.2) is 13.2 Å². The summed E-state index contributed by atoms with van der Waals surface area (Å²) in [6.45, 7) is 4.58. The number of nitrogens with two attached hydrogens (primary N) is 1. The number of hydrogen-bond donors (Lipinski definition) is 1. The zero-order chi connectivity index (χ0) is 15.2. The molecule has 0 aliphatic carbocycles. The summed E-state index contributed by atoms with van der Waals surface area (Å²) < 4.78 is 11.4. The van der Waals surface area contributed by atoms with Gasteiger partial charge in [0.05, 0.1) is 7.11 Å². The first-order valence-electron chi connectivity index (χ1n) is 7.20. The molecule has 0 radical (unpaired) electrons. The summed E-state index contributed by atoms with van der Waals surface area (Å²) in [5.74, 6) is 1.54. The van der Waals surface area contributed by atoms with E-state index in [0.29, 0.717) is 6.61 Å². The van der Waals surface area contributed by atoms with Crippen molar-refractivity contribution in [2.24, 2.45) is 5.73 Å². The molecule has 0 amide bonds. The predicted octanol–water partition coefficient (Wildman–Crippen LogP) is 3.47. The Balaban J connectivity index is 2.18. The van der Waals surface area contributed by atoms with Gasteiger partial charge in [0.25, 0.3) is 0 Å². The van der Waals surface area contributed by atoms with Gasteiger partial charge >= 0.3 is 0 Å². The van der Waals surface area contributed by atoms with Crippen molar-refractivity contribution in [2.45, 2.75) is 32.9 Å². The monoisotopic (exact) mass is 285 g/mol. The van der Waals surface area contributed by atoms with Crippen LogP contribution in [0.3, 0.4) is 0 Å². The number of para-hydroxylation sites is 1. The number of benzene rings is 2. The Morgan fingerprint density at radius 3 is 2.43 bits per heavy atom. The first kappa shape index (κ1) is 15.4. The van der Waals surface area contributed by atoms with Gasteiger partial charge in [0.2, 0.25) is 0 Å². The Kier molecular flexibility index (Phi) is 5.23. The molecule has 0 fully saturated rings. The van der Waals surface area contributed by atoms with Gasteiger partial charge in [-0.2, -0.15) is 0 Å². The summed E-state index contributed by atoms with van der Waals surface area (Å²) in [4.78, 5) is 0. The fraction of sp³-hybridized carbons (Fsp3) is 0.333. The summed E-state index contributed by atoms with van der Waals surface area (Å²) in [6.07, 6.45) is 0.764. The molecule has 1 unspecified atom stereocenters. The van der Waals surface area contributed by atoms with Gasteiger partial charge in [-0.25, -0.2) is 0 Å². The normalized spacial score (nSPS) is 12.0. The van der Waals surface area contributed by atoms with Crippen LogP contribution >= 0.6 is 0 Å². The molecule has 0 aliphatic heterocycles. The van der Waals surface area contributed by atoms with E-state index in [1.54, 1.807) is 7.11 Å². The smallest absolute Gasteiger partial charge is 0.164 e. The molecule has 2 rings (SSSR count). The number of hydrogen-bond acceptors (Lipinski definition) is 3. The lowest BCUT2D eigenvalue weighted by atomic mass is 10.1. The second-order valence-corrected chi connectivity index (χ2v) is 5.40. The van der Waals surface area contributed by atoms with Gasteiger partial charge in [-0.3, -0.25) is 0 Å². The van der Waals surface area contributed by atoms with Gasteiger partial charge in [-0.1, -0.05) is 42.0 Å². The van der Waals surface area contributed by atoms with Crippen molar-refractivity contribution in [3.63, 3.8) is 0 Å². The van der Waals surface area contributed by atoms with E-state index in [-0.39, 0.29) is 6.04 Å². The third kappa shape index (κ3) is 4.23. The summed E-state index contributed by atoms with van der Waals surface area (Å²) in [6, 6.07) is 14.3. The van der Waals surface area contributed by atoms with E-state index in [4.69, 9.17) is 15.2 Å². The van der Waals surface area contributed by atoms with E-state index in [9.17, 15) is 0 Å². The number of ether oxygens (including phenoxy) is 2. The van der Waals surface area contributed by atoms with Gasteiger partial charge in [0.15, 0.2) is 11.5 Å². The molecule has 0 spiro atoms. The molecule has 112 valence electrons. The van der Waals surface area contributed by atoms with Crippen LogP contribution in [0.25, 0.3) is 0 Å². The lowest BCUT2D eigenvalue weighted by Crippen LogP contribution is -2.18. The lowest BCUT2D eigenvalue weighted by Gasteiger charge is -2.16. The highest BCUT2D eigenvalue weighted by Crippen LogP contribution is 2.32. The molecule has 2 N–H and O–H groups in total. The third-order valence-corrected chi connectivity index (χ3v) is 3.33. The molecule has 0 heterocycles. The maximum atomic E-state index is 6.01. The van der Waals surface area contributed by atoms with Crippen molar-refractivity contribution in [2.75, 3.05) is 7.11 Å². The van der Waals surface area contributed by atoms with Crippen molar-refractivity contribution < 1.29 is 9.47 Å². The first-order valence-corrected chi connectivity index (χ1v) is 7.20. The average Bonchev–Trinajstić information content (AvgIpc) is 2.46. The quantitative estimate of drug-likeness (QED) is 0.884. The maximum Gasteiger partial charge on any atom is 0.164 e. The van der Waals surface area contributed by atoms with Crippen molar-refractivity contribution >= 4 is 0 Å². The molecule has 0 aliphatic rings. The van der Waals surface area contributed by atoms with Crippen LogP contribution in [0.4, 0.5) is 0 Å². The van der Waals surface area contributed by atoms with Gasteiger partial charge in [-0.05, 0) is 37.5 Å². The minimum absolute atomic E-state index is 0.0823. The molecule has 0 bridgehead atoms. The van der Waals surface area contributed by atoms with Crippen LogP contribution in [-0.2, 0) is 13.0 Å². The Bertz CT molecular complexity index is 576. The first-order chi connectivity index (χ1) is 10.1. The van der Waals surface area contributed by atoms with Crippen molar-refractivity contribution in [3.05, 3.63) is 59.2 Å². The van der Waals surface area contributed by atoms with Crippen molar-refractivity contribution in [1.82, 2.24) is 0 Å². The zero-order valence-electron chi connectivity index (χ0n) is 12.9. The molecule has 0 saturated carbocycles. The fourth-order valence-corrected chi connectivity index (χ4v) is 2.23. The minimum Gasteiger partial charge on any atom is -0.493 e. The predicted molar refractivity (Wildman–Crippen MR) is 85.9 cm³/mol. The zero-order valence-corrected chi connectivity index (χ0v) is 12.9. The van der Waals surface area contributed by atoms with Gasteiger partial charge in [0.1, 0.15) is 6.61 Å². The highest BCUT2D eigenvalue weighted by molar-refractivity contribution is 5.47. The number of methoxy groups -OCH3 is 1. The second-order valence-electron chi connectivity index (χ2n) is 5.40. The van der Waals surface area contributed by atoms with E-state index in [2.05, 4.69) is 31.2 Å². The lowest BCUT2D eigenvalue weighted by molar-refractivity contribution is 0.281. The summed E-state index contributed by atoms with van der Waals surface area (Å²) in [5, 5.41) is 0. The van der Waals surface area contributed by atoms with E-state index < -0.39 is 0 Å². The second kappa shape index (κ2) is 7.14. The van der Waals surface area contributed by atoms with E-state index >= 15 is 0 Å². The molecule has 1 atom stereocenters. The molecule has 0 aromatic heterocycles. The number of aryl methyl sites for hydroxylation is 1. The standard InChI is InChI=1S/C18H23NO2/c1-13-7-9-15(10-8-13)12-21-18-16(11-14(2)19)5-4-6-17(18)20-3/h4-10,14H,11-12,19H2,1-3H3. The van der Waals surface area contributed by atoms with Crippen LogP contribution in [0.2, 0.25) is 0 Å². The fourth-order valence-electron chi connectivity index (χ4n) is 2.23. The van der Waals surface area contributed by atoms with E-state index in [1.807, 2.05) is 25.1 Å². The summed E-state index contributed by atoms with van der Waals surface area (Å²) in [7, 11) is 1.66. The van der Waals surface area contributed by atoms with Crippen LogP contribution in [0.5, 0.6) is 11.5 Å². The Labute approximate surface area is 126 Å². The van der Waals surface area contributed by atoms with E-state index in [0.717, 1.165) is 29.0 Å². The van der Waals surface area contributed by atoms with E-state index in [1.165, 1.54) is 5.56 Å². The number of rotatable bonds is 6. The molecule has 3 heteroatoms. The SMILES string of the molecule is COc1cccc(CC(C)N)c1OCc1ccc(C)cc1. The topological polar surface area (TPSA) is 44.5 Å². The Hall–Kier alpha value is -2.00. The Morgan fingerprint density at radius 2 is 1.81 bits per heavy atom. The largest absolute Gasteiger partial charge is 0.493 e. The molecule has 21 heavy (non-hydrogen) atoms. The van der Waals surface area contributed by atoms with Crippen LogP contribution in [0.1, 0.15) is 23.6 Å². The maximum absolute atomic E-state index is 6.01. The van der Waals surface area contributed by atoms with Gasteiger partial charge < -0.3 is 15.2 Å². The van der Waals surface area contributed by atoms with Gasteiger partial charge in [0, 0.05) is 6.04 Å². The van der Waals surface area contributed by atoms with Crippen LogP contribution in [0, 0.1) is 6.92 Å². The van der Waals surface area contributed by atoms with Crippen LogP contribution in [0.15, 0.2) is 42.5 Å². The average molecular weight is 285 g/mol. The molecule has 2 aromatic rings.